The van der Waals surface area contributed by atoms with Gasteiger partial charge in [-0.25, -0.2) is 9.67 Å². The van der Waals surface area contributed by atoms with Crippen molar-refractivity contribution < 1.29 is 9.53 Å². The van der Waals surface area contributed by atoms with Gasteiger partial charge in [0.15, 0.2) is 0 Å². The molecular weight excluding hydrogens is 292 g/mol. The number of nitrogens with zero attached hydrogens (tertiary/aromatic N) is 4. The Morgan fingerprint density at radius 2 is 2.24 bits per heavy atom. The van der Waals surface area contributed by atoms with Crippen LogP contribution in [0.4, 0.5) is 0 Å². The van der Waals surface area contributed by atoms with Crippen LogP contribution < -0.4 is 4.74 Å². The number of ether oxygens (including phenoxy) is 1. The molecule has 0 aliphatic rings. The first kappa shape index (κ1) is 15.3. The highest BCUT2D eigenvalue weighted by molar-refractivity contribution is 6.32. The van der Waals surface area contributed by atoms with Crippen LogP contribution in [0.25, 0.3) is 0 Å². The van der Waals surface area contributed by atoms with Crippen LogP contribution in [-0.2, 0) is 4.79 Å². The summed E-state index contributed by atoms with van der Waals surface area (Å²) in [4.78, 5) is 17.6. The average Bonchev–Trinajstić information content (AvgIpc) is 3.01. The van der Waals surface area contributed by atoms with Crippen LogP contribution in [0.3, 0.4) is 0 Å². The summed E-state index contributed by atoms with van der Waals surface area (Å²) in [5, 5.41) is 4.53. The van der Waals surface area contributed by atoms with E-state index in [1.165, 1.54) is 17.3 Å². The summed E-state index contributed by atoms with van der Waals surface area (Å²) in [5.41, 5.74) is 0. The third-order valence-electron chi connectivity index (χ3n) is 3.09. The van der Waals surface area contributed by atoms with E-state index in [2.05, 4.69) is 10.1 Å². The van der Waals surface area contributed by atoms with Crippen LogP contribution in [0.1, 0.15) is 13.0 Å². The van der Waals surface area contributed by atoms with Crippen LogP contribution in [0, 0.1) is 0 Å². The summed E-state index contributed by atoms with van der Waals surface area (Å²) in [5.74, 6) is 0.563. The molecule has 0 radical (unpaired) electrons. The van der Waals surface area contributed by atoms with Crippen molar-refractivity contribution in [2.24, 2.45) is 0 Å². The molecule has 1 unspecified atom stereocenters. The third kappa shape index (κ3) is 3.95. The van der Waals surface area contributed by atoms with Gasteiger partial charge in [0, 0.05) is 7.05 Å². The molecule has 0 aliphatic carbocycles. The van der Waals surface area contributed by atoms with Crippen LogP contribution in [0.15, 0.2) is 36.9 Å². The van der Waals surface area contributed by atoms with Gasteiger partial charge in [-0.15, -0.1) is 0 Å². The molecule has 2 rings (SSSR count). The van der Waals surface area contributed by atoms with E-state index in [1.807, 2.05) is 12.1 Å². The van der Waals surface area contributed by atoms with Crippen molar-refractivity contribution >= 4 is 17.5 Å². The Labute approximate surface area is 128 Å². The average molecular weight is 309 g/mol. The second-order valence-electron chi connectivity index (χ2n) is 4.59. The molecule has 1 heterocycles. The number of para-hydroxylation sites is 1. The van der Waals surface area contributed by atoms with E-state index in [-0.39, 0.29) is 5.91 Å². The van der Waals surface area contributed by atoms with Gasteiger partial charge in [-0.3, -0.25) is 4.79 Å². The van der Waals surface area contributed by atoms with Gasteiger partial charge in [-0.05, 0) is 19.1 Å². The zero-order valence-electron chi connectivity index (χ0n) is 11.9. The molecule has 0 bridgehead atoms. The summed E-state index contributed by atoms with van der Waals surface area (Å²) >= 11 is 6.00. The maximum Gasteiger partial charge on any atom is 0.247 e. The first-order valence-electron chi connectivity index (χ1n) is 6.56. The monoisotopic (exact) mass is 308 g/mol. The zero-order valence-corrected chi connectivity index (χ0v) is 12.7. The molecule has 0 saturated carbocycles. The molecule has 0 saturated heterocycles. The number of aromatic nitrogens is 3. The van der Waals surface area contributed by atoms with Gasteiger partial charge in [0.05, 0.1) is 11.6 Å². The maximum absolute atomic E-state index is 12.2. The molecule has 1 aromatic heterocycles. The van der Waals surface area contributed by atoms with Gasteiger partial charge < -0.3 is 9.64 Å². The second-order valence-corrected chi connectivity index (χ2v) is 5.00. The predicted molar refractivity (Wildman–Crippen MR) is 79.3 cm³/mol. The maximum atomic E-state index is 12.2. The smallest absolute Gasteiger partial charge is 0.247 e. The number of carbonyl (C=O) groups is 1. The fourth-order valence-corrected chi connectivity index (χ4v) is 2.00. The van der Waals surface area contributed by atoms with Gasteiger partial charge in [-0.2, -0.15) is 5.10 Å². The number of hydrogen-bond acceptors (Lipinski definition) is 4. The minimum Gasteiger partial charge on any atom is -0.490 e. The quantitative estimate of drug-likeness (QED) is 0.819. The van der Waals surface area contributed by atoms with Crippen molar-refractivity contribution in [2.75, 3.05) is 20.2 Å². The molecule has 6 nitrogen and oxygen atoms in total. The molecule has 0 fully saturated rings. The van der Waals surface area contributed by atoms with Crippen LogP contribution in [0.2, 0.25) is 5.02 Å². The SMILES string of the molecule is CC(C(=O)N(C)CCOc1ccccc1Cl)n1cncn1. The largest absolute Gasteiger partial charge is 0.490 e. The minimum atomic E-state index is -0.391. The first-order valence-corrected chi connectivity index (χ1v) is 6.94. The topological polar surface area (TPSA) is 60.2 Å². The molecule has 1 aromatic carbocycles. The Bertz CT molecular complexity index is 588. The van der Waals surface area contributed by atoms with Gasteiger partial charge >= 0.3 is 0 Å². The van der Waals surface area contributed by atoms with E-state index in [0.29, 0.717) is 23.9 Å². The second kappa shape index (κ2) is 7.08. The summed E-state index contributed by atoms with van der Waals surface area (Å²) in [6.07, 6.45) is 2.93. The number of carbonyl (C=O) groups excluding carboxylic acids is 1. The standard InChI is InChI=1S/C14H17ClN4O2/c1-11(19-10-16-9-17-19)14(20)18(2)7-8-21-13-6-4-3-5-12(13)15/h3-6,9-11H,7-8H2,1-2H3. The number of benzene rings is 1. The van der Waals surface area contributed by atoms with Gasteiger partial charge in [0.25, 0.3) is 0 Å². The zero-order chi connectivity index (χ0) is 15.2. The Morgan fingerprint density at radius 3 is 2.90 bits per heavy atom. The van der Waals surface area contributed by atoms with Crippen LogP contribution in [0.5, 0.6) is 5.75 Å². The molecular formula is C14H17ClN4O2. The molecule has 0 N–H and O–H groups in total. The van der Waals surface area contributed by atoms with Crippen LogP contribution >= 0.6 is 11.6 Å². The molecule has 7 heteroatoms. The number of likely N-dealkylation sites (N-methyl/N-ethyl adjacent to an activating group) is 1. The van der Waals surface area contributed by atoms with Crippen molar-refractivity contribution in [3.63, 3.8) is 0 Å². The van der Waals surface area contributed by atoms with Crippen molar-refractivity contribution in [1.29, 1.82) is 0 Å². The number of hydrogen-bond donors (Lipinski definition) is 0. The lowest BCUT2D eigenvalue weighted by Crippen LogP contribution is -2.36. The van der Waals surface area contributed by atoms with E-state index >= 15 is 0 Å². The Morgan fingerprint density at radius 1 is 1.48 bits per heavy atom. The normalized spacial score (nSPS) is 12.0. The van der Waals surface area contributed by atoms with E-state index in [9.17, 15) is 4.79 Å². The van der Waals surface area contributed by atoms with Gasteiger partial charge in [0.1, 0.15) is 31.1 Å². The fourth-order valence-electron chi connectivity index (χ4n) is 1.81. The highest BCUT2D eigenvalue weighted by Gasteiger charge is 2.19. The molecule has 1 amide bonds. The lowest BCUT2D eigenvalue weighted by molar-refractivity contribution is -0.133. The van der Waals surface area contributed by atoms with Crippen molar-refractivity contribution in [2.45, 2.75) is 13.0 Å². The Kier molecular flexibility index (Phi) is 5.16. The first-order chi connectivity index (χ1) is 10.1. The number of amides is 1. The van der Waals surface area contributed by atoms with Crippen molar-refractivity contribution in [1.82, 2.24) is 19.7 Å². The Balaban J connectivity index is 1.83. The van der Waals surface area contributed by atoms with Gasteiger partial charge in [-0.1, -0.05) is 23.7 Å². The highest BCUT2D eigenvalue weighted by Crippen LogP contribution is 2.22. The Hall–Kier alpha value is -2.08. The predicted octanol–water partition coefficient (Wildman–Crippen LogP) is 2.03. The van der Waals surface area contributed by atoms with E-state index in [0.717, 1.165) is 0 Å². The number of rotatable bonds is 6. The molecule has 112 valence electrons. The third-order valence-corrected chi connectivity index (χ3v) is 3.40. The lowest BCUT2D eigenvalue weighted by atomic mass is 10.3. The highest BCUT2D eigenvalue weighted by atomic mass is 35.5. The summed E-state index contributed by atoms with van der Waals surface area (Å²) in [6.45, 7) is 2.61. The molecule has 0 spiro atoms. The summed E-state index contributed by atoms with van der Waals surface area (Å²) in [7, 11) is 1.73. The fraction of sp³-hybridized carbons (Fsp3) is 0.357. The molecule has 1 atom stereocenters. The minimum absolute atomic E-state index is 0.0525. The molecule has 21 heavy (non-hydrogen) atoms. The van der Waals surface area contributed by atoms with Crippen molar-refractivity contribution in [3.8, 4) is 5.75 Å². The molecule has 2 aromatic rings. The van der Waals surface area contributed by atoms with Gasteiger partial charge in [0.2, 0.25) is 5.91 Å². The number of halogens is 1. The van der Waals surface area contributed by atoms with E-state index in [4.69, 9.17) is 16.3 Å². The van der Waals surface area contributed by atoms with E-state index < -0.39 is 6.04 Å². The lowest BCUT2D eigenvalue weighted by Gasteiger charge is -2.21. The summed E-state index contributed by atoms with van der Waals surface area (Å²) < 4.78 is 7.09. The summed E-state index contributed by atoms with van der Waals surface area (Å²) in [6, 6.07) is 6.85. The van der Waals surface area contributed by atoms with Crippen LogP contribution in [-0.4, -0.2) is 45.8 Å². The molecule has 0 aliphatic heterocycles. The van der Waals surface area contributed by atoms with Crippen molar-refractivity contribution in [3.05, 3.63) is 41.9 Å². The van der Waals surface area contributed by atoms with E-state index in [1.54, 1.807) is 31.0 Å².